The van der Waals surface area contributed by atoms with Gasteiger partial charge in [0.25, 0.3) is 5.91 Å². The summed E-state index contributed by atoms with van der Waals surface area (Å²) >= 11 is 6.43. The Bertz CT molecular complexity index is 1070. The van der Waals surface area contributed by atoms with Crippen LogP contribution in [0.25, 0.3) is 16.9 Å². The number of aryl methyl sites for hydroxylation is 2. The molecule has 1 aromatic heterocycles. The lowest BCUT2D eigenvalue weighted by Crippen LogP contribution is -2.41. The summed E-state index contributed by atoms with van der Waals surface area (Å²) in [6.07, 6.45) is 0. The first-order valence-corrected chi connectivity index (χ1v) is 10.9. The Morgan fingerprint density at radius 1 is 1.10 bits per heavy atom. The van der Waals surface area contributed by atoms with Gasteiger partial charge in [0, 0.05) is 31.7 Å². The third kappa shape index (κ3) is 4.98. The Labute approximate surface area is 187 Å². The maximum atomic E-state index is 13.1. The molecule has 31 heavy (non-hydrogen) atoms. The van der Waals surface area contributed by atoms with Crippen molar-refractivity contribution < 1.29 is 9.53 Å². The summed E-state index contributed by atoms with van der Waals surface area (Å²) in [5, 5.41) is 8.32. The van der Waals surface area contributed by atoms with Crippen LogP contribution in [0.15, 0.2) is 48.5 Å². The number of aromatic nitrogens is 2. The second kappa shape index (κ2) is 9.64. The molecule has 0 unspecified atom stereocenters. The molecule has 1 N–H and O–H groups in total. The molecule has 3 aromatic rings. The predicted molar refractivity (Wildman–Crippen MR) is 123 cm³/mol. The Morgan fingerprint density at radius 3 is 2.61 bits per heavy atom. The zero-order valence-electron chi connectivity index (χ0n) is 17.9. The van der Waals surface area contributed by atoms with Crippen molar-refractivity contribution in [2.75, 3.05) is 39.4 Å². The SMILES string of the molecule is Cc1ccc(-c2cc(C(=O)NCCN3CCOCC3)n(-c3ccccc3Cl)n2)cc1C. The number of ether oxygens (including phenoxy) is 1. The summed E-state index contributed by atoms with van der Waals surface area (Å²) in [5.41, 5.74) is 5.25. The number of carbonyl (C=O) groups excluding carboxylic acids is 1. The third-order valence-corrected chi connectivity index (χ3v) is 5.96. The van der Waals surface area contributed by atoms with E-state index in [1.807, 2.05) is 30.3 Å². The van der Waals surface area contributed by atoms with E-state index in [9.17, 15) is 4.79 Å². The van der Waals surface area contributed by atoms with Crippen LogP contribution in [0.3, 0.4) is 0 Å². The van der Waals surface area contributed by atoms with Crippen LogP contribution in [0.1, 0.15) is 21.6 Å². The van der Waals surface area contributed by atoms with Gasteiger partial charge in [-0.25, -0.2) is 4.68 Å². The lowest BCUT2D eigenvalue weighted by atomic mass is 10.0. The molecule has 2 heterocycles. The number of amides is 1. The first-order valence-electron chi connectivity index (χ1n) is 10.5. The number of nitrogens with one attached hydrogen (secondary N) is 1. The highest BCUT2D eigenvalue weighted by atomic mass is 35.5. The van der Waals surface area contributed by atoms with E-state index in [4.69, 9.17) is 21.4 Å². The van der Waals surface area contributed by atoms with Crippen LogP contribution < -0.4 is 5.32 Å². The molecular formula is C24H27ClN4O2. The summed E-state index contributed by atoms with van der Waals surface area (Å²) < 4.78 is 7.02. The maximum absolute atomic E-state index is 13.1. The van der Waals surface area contributed by atoms with E-state index in [1.54, 1.807) is 10.7 Å². The van der Waals surface area contributed by atoms with Gasteiger partial charge in [0.1, 0.15) is 5.69 Å². The van der Waals surface area contributed by atoms with Crippen molar-refractivity contribution in [3.8, 4) is 16.9 Å². The molecule has 6 nitrogen and oxygen atoms in total. The Hall–Kier alpha value is -2.67. The van der Waals surface area contributed by atoms with Gasteiger partial charge in [-0.2, -0.15) is 5.10 Å². The number of carbonyl (C=O) groups is 1. The van der Waals surface area contributed by atoms with Gasteiger partial charge in [-0.1, -0.05) is 35.9 Å². The van der Waals surface area contributed by atoms with E-state index in [1.165, 1.54) is 11.1 Å². The van der Waals surface area contributed by atoms with Gasteiger partial charge in [-0.05, 0) is 49.2 Å². The molecular weight excluding hydrogens is 412 g/mol. The summed E-state index contributed by atoms with van der Waals surface area (Å²) in [5.74, 6) is -0.171. The van der Waals surface area contributed by atoms with E-state index >= 15 is 0 Å². The minimum Gasteiger partial charge on any atom is -0.379 e. The number of hydrogen-bond donors (Lipinski definition) is 1. The lowest BCUT2D eigenvalue weighted by Gasteiger charge is -2.26. The van der Waals surface area contributed by atoms with Crippen LogP contribution in [0.5, 0.6) is 0 Å². The van der Waals surface area contributed by atoms with Gasteiger partial charge < -0.3 is 10.1 Å². The predicted octanol–water partition coefficient (Wildman–Crippen LogP) is 3.87. The standard InChI is InChI=1S/C24H27ClN4O2/c1-17-7-8-19(15-18(17)2)21-16-23(29(27-21)22-6-4-3-5-20(22)25)24(30)26-9-10-28-11-13-31-14-12-28/h3-8,15-16H,9-14H2,1-2H3,(H,26,30). The van der Waals surface area contributed by atoms with Gasteiger partial charge in [-0.3, -0.25) is 9.69 Å². The van der Waals surface area contributed by atoms with Crippen molar-refractivity contribution in [1.82, 2.24) is 20.0 Å². The third-order valence-electron chi connectivity index (χ3n) is 5.64. The zero-order valence-corrected chi connectivity index (χ0v) is 18.7. The van der Waals surface area contributed by atoms with E-state index in [-0.39, 0.29) is 5.91 Å². The van der Waals surface area contributed by atoms with Crippen molar-refractivity contribution in [2.24, 2.45) is 0 Å². The second-order valence-corrected chi connectivity index (χ2v) is 8.19. The molecule has 1 saturated heterocycles. The van der Waals surface area contributed by atoms with Crippen molar-refractivity contribution in [2.45, 2.75) is 13.8 Å². The number of morpholine rings is 1. The Kier molecular flexibility index (Phi) is 6.70. The molecule has 0 bridgehead atoms. The fourth-order valence-electron chi connectivity index (χ4n) is 3.63. The minimum atomic E-state index is -0.171. The number of hydrogen-bond acceptors (Lipinski definition) is 4. The molecule has 1 aliphatic heterocycles. The normalized spacial score (nSPS) is 14.5. The van der Waals surface area contributed by atoms with Gasteiger partial charge in [0.2, 0.25) is 0 Å². The first-order chi connectivity index (χ1) is 15.0. The number of para-hydroxylation sites is 1. The topological polar surface area (TPSA) is 59.4 Å². The van der Waals surface area contributed by atoms with Gasteiger partial charge in [0.15, 0.2) is 0 Å². The summed E-state index contributed by atoms with van der Waals surface area (Å²) in [6.45, 7) is 8.77. The molecule has 0 saturated carbocycles. The van der Waals surface area contributed by atoms with Gasteiger partial charge in [-0.15, -0.1) is 0 Å². The van der Waals surface area contributed by atoms with Crippen LogP contribution in [-0.4, -0.2) is 60.0 Å². The molecule has 7 heteroatoms. The molecule has 162 valence electrons. The molecule has 1 amide bonds. The molecule has 0 spiro atoms. The minimum absolute atomic E-state index is 0.171. The Balaban J connectivity index is 1.61. The lowest BCUT2D eigenvalue weighted by molar-refractivity contribution is 0.0383. The summed E-state index contributed by atoms with van der Waals surface area (Å²) in [6, 6.07) is 15.4. The average molecular weight is 439 g/mol. The highest BCUT2D eigenvalue weighted by Crippen LogP contribution is 2.26. The highest BCUT2D eigenvalue weighted by molar-refractivity contribution is 6.32. The first kappa shape index (κ1) is 21.6. The quantitative estimate of drug-likeness (QED) is 0.634. The molecule has 2 aromatic carbocycles. The number of benzene rings is 2. The van der Waals surface area contributed by atoms with Crippen molar-refractivity contribution in [1.29, 1.82) is 0 Å². The molecule has 0 atom stereocenters. The van der Waals surface area contributed by atoms with Crippen LogP contribution in [0, 0.1) is 13.8 Å². The van der Waals surface area contributed by atoms with E-state index in [2.05, 4.69) is 36.2 Å². The smallest absolute Gasteiger partial charge is 0.270 e. The molecule has 1 fully saturated rings. The number of nitrogens with zero attached hydrogens (tertiary/aromatic N) is 3. The molecule has 1 aliphatic rings. The van der Waals surface area contributed by atoms with Crippen LogP contribution in [-0.2, 0) is 4.74 Å². The average Bonchev–Trinajstić information content (AvgIpc) is 3.22. The molecule has 4 rings (SSSR count). The van der Waals surface area contributed by atoms with Crippen LogP contribution >= 0.6 is 11.6 Å². The molecule has 0 radical (unpaired) electrons. The maximum Gasteiger partial charge on any atom is 0.270 e. The van der Waals surface area contributed by atoms with Crippen molar-refractivity contribution in [3.63, 3.8) is 0 Å². The van der Waals surface area contributed by atoms with E-state index in [0.717, 1.165) is 44.1 Å². The monoisotopic (exact) mass is 438 g/mol. The summed E-state index contributed by atoms with van der Waals surface area (Å²) in [7, 11) is 0. The number of rotatable bonds is 6. The molecule has 0 aliphatic carbocycles. The van der Waals surface area contributed by atoms with Gasteiger partial charge >= 0.3 is 0 Å². The fraction of sp³-hybridized carbons (Fsp3) is 0.333. The van der Waals surface area contributed by atoms with E-state index in [0.29, 0.717) is 22.9 Å². The second-order valence-electron chi connectivity index (χ2n) is 7.79. The largest absolute Gasteiger partial charge is 0.379 e. The van der Waals surface area contributed by atoms with Crippen molar-refractivity contribution in [3.05, 3.63) is 70.4 Å². The highest BCUT2D eigenvalue weighted by Gasteiger charge is 2.19. The van der Waals surface area contributed by atoms with Gasteiger partial charge in [0.05, 0.1) is 29.6 Å². The van der Waals surface area contributed by atoms with Crippen LogP contribution in [0.4, 0.5) is 0 Å². The Morgan fingerprint density at radius 2 is 1.87 bits per heavy atom. The van der Waals surface area contributed by atoms with Crippen molar-refractivity contribution >= 4 is 17.5 Å². The fourth-order valence-corrected chi connectivity index (χ4v) is 3.85. The number of halogens is 1. The zero-order chi connectivity index (χ0) is 21.8. The van der Waals surface area contributed by atoms with E-state index < -0.39 is 0 Å². The van der Waals surface area contributed by atoms with Crippen LogP contribution in [0.2, 0.25) is 5.02 Å². The summed E-state index contributed by atoms with van der Waals surface area (Å²) in [4.78, 5) is 15.4.